The van der Waals surface area contributed by atoms with Gasteiger partial charge in [-0.15, -0.1) is 0 Å². The number of fused-ring (bicyclic) bond motifs is 1. The van der Waals surface area contributed by atoms with Crippen molar-refractivity contribution in [1.29, 1.82) is 0 Å². The van der Waals surface area contributed by atoms with E-state index in [-0.39, 0.29) is 12.0 Å². The number of carbonyl (C=O) groups excluding carboxylic acids is 1. The van der Waals surface area contributed by atoms with Crippen molar-refractivity contribution in [3.63, 3.8) is 0 Å². The highest BCUT2D eigenvalue weighted by atomic mass is 16.5. The van der Waals surface area contributed by atoms with E-state index >= 15 is 0 Å². The van der Waals surface area contributed by atoms with Crippen LogP contribution in [0.5, 0.6) is 11.5 Å². The molecule has 5 heteroatoms. The van der Waals surface area contributed by atoms with Crippen LogP contribution in [0.25, 0.3) is 6.08 Å². The van der Waals surface area contributed by atoms with Crippen LogP contribution in [-0.2, 0) is 4.79 Å². The smallest absolute Gasteiger partial charge is 0.230 e. The Labute approximate surface area is 165 Å². The van der Waals surface area contributed by atoms with Gasteiger partial charge in [0.05, 0.1) is 26.0 Å². The Morgan fingerprint density at radius 1 is 1.00 bits per heavy atom. The second-order valence-electron chi connectivity index (χ2n) is 7.13. The largest absolute Gasteiger partial charge is 0.497 e. The Bertz CT molecular complexity index is 900. The standard InChI is InChI=1S/C23H24N2O3/c1-27-19-10-6-16(7-11-19)14-18-4-3-5-21-22(18)24-25(15-26)23(21)17-8-12-20(28-2)13-9-17/h6-15,21,23H,3-5H2,1-2H3/b18-14+/t21-,23+/m0/s1. The molecular formula is C23H24N2O3. The molecule has 1 aliphatic heterocycles. The highest BCUT2D eigenvalue weighted by Crippen LogP contribution is 2.43. The van der Waals surface area contributed by atoms with E-state index in [1.54, 1.807) is 19.2 Å². The van der Waals surface area contributed by atoms with Gasteiger partial charge in [0.25, 0.3) is 0 Å². The van der Waals surface area contributed by atoms with Crippen molar-refractivity contribution in [1.82, 2.24) is 5.01 Å². The van der Waals surface area contributed by atoms with Crippen LogP contribution in [0.15, 0.2) is 59.2 Å². The molecule has 28 heavy (non-hydrogen) atoms. The van der Waals surface area contributed by atoms with Crippen LogP contribution >= 0.6 is 0 Å². The molecule has 0 radical (unpaired) electrons. The monoisotopic (exact) mass is 376 g/mol. The molecule has 0 unspecified atom stereocenters. The van der Waals surface area contributed by atoms with Gasteiger partial charge in [-0.1, -0.05) is 24.3 Å². The number of hydrazone groups is 1. The lowest BCUT2D eigenvalue weighted by atomic mass is 9.77. The van der Waals surface area contributed by atoms with Crippen molar-refractivity contribution in [2.45, 2.75) is 25.3 Å². The number of nitrogens with zero attached hydrogens (tertiary/aromatic N) is 2. The van der Waals surface area contributed by atoms with Crippen molar-refractivity contribution in [3.05, 3.63) is 65.2 Å². The Kier molecular flexibility index (Phi) is 5.15. The molecule has 2 atom stereocenters. The maximum Gasteiger partial charge on any atom is 0.230 e. The van der Waals surface area contributed by atoms with Crippen molar-refractivity contribution in [2.24, 2.45) is 11.0 Å². The van der Waals surface area contributed by atoms with Crippen LogP contribution in [0, 0.1) is 5.92 Å². The van der Waals surface area contributed by atoms with Crippen molar-refractivity contribution in [3.8, 4) is 11.5 Å². The zero-order chi connectivity index (χ0) is 19.5. The van der Waals surface area contributed by atoms with E-state index in [0.29, 0.717) is 0 Å². The molecule has 1 aliphatic carbocycles. The molecule has 0 bridgehead atoms. The van der Waals surface area contributed by atoms with E-state index in [2.05, 4.69) is 6.08 Å². The Hall–Kier alpha value is -3.08. The number of benzene rings is 2. The molecule has 1 fully saturated rings. The van der Waals surface area contributed by atoms with Gasteiger partial charge >= 0.3 is 0 Å². The van der Waals surface area contributed by atoms with Crippen LogP contribution in [-0.4, -0.2) is 31.4 Å². The van der Waals surface area contributed by atoms with Crippen LogP contribution in [0.3, 0.4) is 0 Å². The summed E-state index contributed by atoms with van der Waals surface area (Å²) < 4.78 is 10.5. The molecule has 2 aromatic rings. The first-order chi connectivity index (χ1) is 13.7. The fourth-order valence-corrected chi connectivity index (χ4v) is 4.15. The zero-order valence-electron chi connectivity index (χ0n) is 16.2. The summed E-state index contributed by atoms with van der Waals surface area (Å²) in [7, 11) is 3.32. The van der Waals surface area contributed by atoms with E-state index in [1.807, 2.05) is 48.5 Å². The third-order valence-electron chi connectivity index (χ3n) is 5.55. The van der Waals surface area contributed by atoms with E-state index in [9.17, 15) is 4.79 Å². The molecule has 1 heterocycles. The minimum atomic E-state index is -0.0574. The van der Waals surface area contributed by atoms with Gasteiger partial charge in [-0.2, -0.15) is 5.10 Å². The first-order valence-electron chi connectivity index (χ1n) is 9.54. The third-order valence-corrected chi connectivity index (χ3v) is 5.55. The lowest BCUT2D eigenvalue weighted by molar-refractivity contribution is -0.120. The van der Waals surface area contributed by atoms with Crippen molar-refractivity contribution in [2.75, 3.05) is 14.2 Å². The lowest BCUT2D eigenvalue weighted by Crippen LogP contribution is -2.27. The molecular weight excluding hydrogens is 352 g/mol. The van der Waals surface area contributed by atoms with Crippen LogP contribution in [0.2, 0.25) is 0 Å². The van der Waals surface area contributed by atoms with E-state index in [0.717, 1.165) is 54.0 Å². The molecule has 5 nitrogen and oxygen atoms in total. The predicted octanol–water partition coefficient (Wildman–Crippen LogP) is 4.46. The quantitative estimate of drug-likeness (QED) is 0.724. The van der Waals surface area contributed by atoms with Gasteiger partial charge in [0.2, 0.25) is 6.41 Å². The third kappa shape index (κ3) is 3.40. The highest BCUT2D eigenvalue weighted by molar-refractivity contribution is 6.07. The number of amides is 1. The molecule has 0 saturated heterocycles. The fraction of sp³-hybridized carbons (Fsp3) is 0.304. The number of allylic oxidation sites excluding steroid dienone is 1. The summed E-state index contributed by atoms with van der Waals surface area (Å²) in [5.74, 6) is 1.87. The summed E-state index contributed by atoms with van der Waals surface area (Å²) in [5.41, 5.74) is 4.45. The van der Waals surface area contributed by atoms with E-state index < -0.39 is 0 Å². The van der Waals surface area contributed by atoms with Gasteiger partial charge in [-0.05, 0) is 66.3 Å². The number of methoxy groups -OCH3 is 2. The average Bonchev–Trinajstić information content (AvgIpc) is 3.14. The first kappa shape index (κ1) is 18.3. The maximum absolute atomic E-state index is 11.8. The Morgan fingerprint density at radius 3 is 2.25 bits per heavy atom. The summed E-state index contributed by atoms with van der Waals surface area (Å²) in [4.78, 5) is 11.8. The maximum atomic E-state index is 11.8. The molecule has 0 aromatic heterocycles. The molecule has 1 amide bonds. The number of ether oxygens (including phenoxy) is 2. The van der Waals surface area contributed by atoms with E-state index in [1.165, 1.54) is 5.57 Å². The zero-order valence-corrected chi connectivity index (χ0v) is 16.2. The minimum Gasteiger partial charge on any atom is -0.497 e. The van der Waals surface area contributed by atoms with Gasteiger partial charge < -0.3 is 9.47 Å². The molecule has 4 rings (SSSR count). The number of rotatable bonds is 5. The summed E-state index contributed by atoms with van der Waals surface area (Å²) in [6.07, 6.45) is 6.11. The Balaban J connectivity index is 1.65. The molecule has 2 aromatic carbocycles. The van der Waals surface area contributed by atoms with Crippen LogP contribution in [0.1, 0.15) is 36.4 Å². The summed E-state index contributed by atoms with van der Waals surface area (Å²) in [6, 6.07) is 15.9. The molecule has 0 N–H and O–H groups in total. The summed E-state index contributed by atoms with van der Waals surface area (Å²) >= 11 is 0. The number of hydrogen-bond acceptors (Lipinski definition) is 4. The average molecular weight is 376 g/mol. The number of carbonyl (C=O) groups is 1. The van der Waals surface area contributed by atoms with Gasteiger partial charge in [-0.3, -0.25) is 4.79 Å². The lowest BCUT2D eigenvalue weighted by Gasteiger charge is -2.28. The van der Waals surface area contributed by atoms with Gasteiger partial charge in [0.1, 0.15) is 11.5 Å². The highest BCUT2D eigenvalue weighted by Gasteiger charge is 2.41. The van der Waals surface area contributed by atoms with Crippen molar-refractivity contribution < 1.29 is 14.3 Å². The summed E-state index contributed by atoms with van der Waals surface area (Å²) in [5, 5.41) is 6.28. The van der Waals surface area contributed by atoms with Crippen LogP contribution in [0.4, 0.5) is 0 Å². The molecule has 0 spiro atoms. The predicted molar refractivity (Wildman–Crippen MR) is 109 cm³/mol. The number of hydrogen-bond donors (Lipinski definition) is 0. The van der Waals surface area contributed by atoms with Gasteiger partial charge in [0.15, 0.2) is 0 Å². The normalized spacial score (nSPS) is 22.6. The molecule has 1 saturated carbocycles. The van der Waals surface area contributed by atoms with Gasteiger partial charge in [0, 0.05) is 5.92 Å². The first-order valence-corrected chi connectivity index (χ1v) is 9.54. The SMILES string of the molecule is COc1ccc(/C=C2\CCC[C@H]3C2=NN(C=O)[C@@H]3c2ccc(OC)cc2)cc1. The van der Waals surface area contributed by atoms with Crippen LogP contribution < -0.4 is 9.47 Å². The Morgan fingerprint density at radius 2 is 1.64 bits per heavy atom. The molecule has 144 valence electrons. The molecule has 2 aliphatic rings. The second kappa shape index (κ2) is 7.89. The fourth-order valence-electron chi connectivity index (χ4n) is 4.15. The second-order valence-corrected chi connectivity index (χ2v) is 7.13. The summed E-state index contributed by atoms with van der Waals surface area (Å²) in [6.45, 7) is 0. The minimum absolute atomic E-state index is 0.0574. The van der Waals surface area contributed by atoms with Gasteiger partial charge in [-0.25, -0.2) is 5.01 Å². The van der Waals surface area contributed by atoms with Crippen molar-refractivity contribution >= 4 is 18.2 Å². The topological polar surface area (TPSA) is 51.1 Å². The van der Waals surface area contributed by atoms with E-state index in [4.69, 9.17) is 14.6 Å².